The van der Waals surface area contributed by atoms with E-state index in [4.69, 9.17) is 10.7 Å². The van der Waals surface area contributed by atoms with Crippen LogP contribution in [0.3, 0.4) is 0 Å². The summed E-state index contributed by atoms with van der Waals surface area (Å²) in [5, 5.41) is 1.08. The number of thioether (sulfide) groups is 1. The van der Waals surface area contributed by atoms with Gasteiger partial charge in [0.25, 0.3) is 0 Å². The molecule has 37 heavy (non-hydrogen) atoms. The van der Waals surface area contributed by atoms with Gasteiger partial charge in [-0.25, -0.2) is 19.3 Å². The number of carbonyl (C=O) groups is 1. The molecule has 8 nitrogen and oxygen atoms in total. The van der Waals surface area contributed by atoms with Crippen LogP contribution in [-0.2, 0) is 11.3 Å². The maximum Gasteiger partial charge on any atom is 0.225 e. The molecule has 1 unspecified atom stereocenters. The summed E-state index contributed by atoms with van der Waals surface area (Å²) in [6.45, 7) is 9.99. The van der Waals surface area contributed by atoms with Crippen molar-refractivity contribution in [2.45, 2.75) is 55.6 Å². The molecule has 0 saturated carbocycles. The monoisotopic (exact) mass is 523 g/mol. The Morgan fingerprint density at radius 1 is 1.19 bits per heavy atom. The van der Waals surface area contributed by atoms with E-state index in [2.05, 4.69) is 32.9 Å². The van der Waals surface area contributed by atoms with Gasteiger partial charge < -0.3 is 15.2 Å². The summed E-state index contributed by atoms with van der Waals surface area (Å²) in [7, 11) is 0. The second kappa shape index (κ2) is 11.2. The number of aromatic nitrogens is 4. The Morgan fingerprint density at radius 3 is 2.57 bits per heavy atom. The molecule has 0 bridgehead atoms. The average Bonchev–Trinajstić information content (AvgIpc) is 3.26. The van der Waals surface area contributed by atoms with Crippen molar-refractivity contribution < 1.29 is 9.18 Å². The van der Waals surface area contributed by atoms with Crippen LogP contribution >= 0.6 is 11.8 Å². The van der Waals surface area contributed by atoms with Gasteiger partial charge in [0.1, 0.15) is 5.82 Å². The van der Waals surface area contributed by atoms with E-state index in [1.807, 2.05) is 17.0 Å². The Balaban J connectivity index is 1.19. The Morgan fingerprint density at radius 2 is 1.89 bits per heavy atom. The maximum absolute atomic E-state index is 13.9. The fraction of sp³-hybridized carbons (Fsp3) is 0.481. The predicted molar refractivity (Wildman–Crippen MR) is 145 cm³/mol. The number of fused-ring (bicyclic) bond motifs is 1. The van der Waals surface area contributed by atoms with Crippen LogP contribution in [0.2, 0.25) is 0 Å². The quantitative estimate of drug-likeness (QED) is 0.365. The van der Waals surface area contributed by atoms with E-state index in [0.717, 1.165) is 74.6 Å². The highest BCUT2D eigenvalue weighted by Crippen LogP contribution is 2.35. The molecule has 2 saturated heterocycles. The van der Waals surface area contributed by atoms with E-state index < -0.39 is 0 Å². The molecular formula is C27H34FN7OS. The van der Waals surface area contributed by atoms with E-state index in [9.17, 15) is 9.18 Å². The van der Waals surface area contributed by atoms with E-state index >= 15 is 0 Å². The molecule has 2 aliphatic rings. The van der Waals surface area contributed by atoms with Crippen molar-refractivity contribution in [3.8, 4) is 0 Å². The van der Waals surface area contributed by atoms with Gasteiger partial charge in [-0.3, -0.25) is 9.69 Å². The van der Waals surface area contributed by atoms with Crippen molar-refractivity contribution in [3.63, 3.8) is 0 Å². The second-order valence-electron chi connectivity index (χ2n) is 10.0. The van der Waals surface area contributed by atoms with Gasteiger partial charge >= 0.3 is 0 Å². The molecule has 2 aromatic heterocycles. The first-order valence-corrected chi connectivity index (χ1v) is 13.8. The number of nitrogen functional groups attached to an aromatic ring is 1. The lowest BCUT2D eigenvalue weighted by molar-refractivity contribution is -0.138. The summed E-state index contributed by atoms with van der Waals surface area (Å²) in [4.78, 5) is 30.6. The van der Waals surface area contributed by atoms with Crippen LogP contribution in [0, 0.1) is 11.7 Å². The fourth-order valence-corrected chi connectivity index (χ4v) is 6.29. The Kier molecular flexibility index (Phi) is 7.76. The summed E-state index contributed by atoms with van der Waals surface area (Å²) >= 11 is 1.64. The molecule has 2 N–H and O–H groups in total. The standard InChI is InChI=1S/C27H34FN7OS/c1-3-18(2)37-27-32-23-14-21(28)4-5-24(23)35(27)22-8-12-34(13-9-22)25(36)20-6-10-33(11-7-20)17-19-15-30-26(29)31-16-19/h3-5,14-16,18,20,22H,1,6-13,17H2,2H3,(H2,29,30,31). The molecule has 1 atom stereocenters. The van der Waals surface area contributed by atoms with Crippen LogP contribution in [0.5, 0.6) is 0 Å². The molecule has 1 amide bonds. The molecule has 196 valence electrons. The predicted octanol–water partition coefficient (Wildman–Crippen LogP) is 4.29. The topological polar surface area (TPSA) is 93.2 Å². The van der Waals surface area contributed by atoms with Crippen LogP contribution < -0.4 is 5.73 Å². The van der Waals surface area contributed by atoms with Crippen molar-refractivity contribution in [3.05, 3.63) is 54.6 Å². The van der Waals surface area contributed by atoms with Gasteiger partial charge in [-0.05, 0) is 57.8 Å². The highest BCUT2D eigenvalue weighted by Gasteiger charge is 2.32. The molecular weight excluding hydrogens is 489 g/mol. The molecule has 5 rings (SSSR count). The zero-order chi connectivity index (χ0) is 25.9. The van der Waals surface area contributed by atoms with Gasteiger partial charge in [-0.15, -0.1) is 6.58 Å². The first-order valence-electron chi connectivity index (χ1n) is 13.0. The van der Waals surface area contributed by atoms with Crippen molar-refractivity contribution in [2.75, 3.05) is 31.9 Å². The first kappa shape index (κ1) is 25.7. The van der Waals surface area contributed by atoms with Crippen LogP contribution in [0.25, 0.3) is 11.0 Å². The third-order valence-corrected chi connectivity index (χ3v) is 8.52. The minimum Gasteiger partial charge on any atom is -0.368 e. The lowest BCUT2D eigenvalue weighted by Crippen LogP contribution is -2.45. The van der Waals surface area contributed by atoms with Crippen molar-refractivity contribution in [1.82, 2.24) is 29.3 Å². The molecule has 0 spiro atoms. The molecule has 10 heteroatoms. The van der Waals surface area contributed by atoms with E-state index in [0.29, 0.717) is 5.52 Å². The minimum atomic E-state index is -0.279. The normalized spacial score (nSPS) is 18.8. The summed E-state index contributed by atoms with van der Waals surface area (Å²) in [5.41, 5.74) is 8.24. The van der Waals surface area contributed by atoms with Gasteiger partial charge in [0.2, 0.25) is 11.9 Å². The van der Waals surface area contributed by atoms with Gasteiger partial charge in [0, 0.05) is 60.9 Å². The summed E-state index contributed by atoms with van der Waals surface area (Å²) in [5.74, 6) is 0.361. The molecule has 1 aromatic carbocycles. The molecule has 4 heterocycles. The largest absolute Gasteiger partial charge is 0.368 e. The van der Waals surface area contributed by atoms with Crippen LogP contribution in [0.4, 0.5) is 10.3 Å². The SMILES string of the molecule is C=CC(C)Sc1nc2cc(F)ccc2n1C1CCN(C(=O)C2CCN(Cc3cnc(N)nc3)CC2)CC1. The van der Waals surface area contributed by atoms with Crippen LogP contribution in [0.15, 0.2) is 48.4 Å². The third kappa shape index (κ3) is 5.80. The van der Waals surface area contributed by atoms with E-state index in [1.54, 1.807) is 24.2 Å². The number of rotatable bonds is 7. The summed E-state index contributed by atoms with van der Waals surface area (Å²) in [6, 6.07) is 5.04. The summed E-state index contributed by atoms with van der Waals surface area (Å²) < 4.78 is 16.1. The number of carbonyl (C=O) groups excluding carboxylic acids is 1. The Bertz CT molecular complexity index is 1250. The maximum atomic E-state index is 13.9. The van der Waals surface area contributed by atoms with E-state index in [1.165, 1.54) is 12.1 Å². The van der Waals surface area contributed by atoms with Gasteiger partial charge in [0.05, 0.1) is 11.0 Å². The van der Waals surface area contributed by atoms with Crippen molar-refractivity contribution in [2.24, 2.45) is 5.92 Å². The number of piperidine rings is 2. The lowest BCUT2D eigenvalue weighted by Gasteiger charge is -2.38. The zero-order valence-corrected chi connectivity index (χ0v) is 22.0. The highest BCUT2D eigenvalue weighted by molar-refractivity contribution is 7.99. The third-order valence-electron chi connectivity index (χ3n) is 7.45. The number of nitrogens with two attached hydrogens (primary N) is 1. The number of imidazole rings is 1. The molecule has 2 aliphatic heterocycles. The number of anilines is 1. The van der Waals surface area contributed by atoms with Crippen molar-refractivity contribution >= 4 is 34.7 Å². The first-order chi connectivity index (χ1) is 17.9. The lowest BCUT2D eigenvalue weighted by atomic mass is 9.93. The van der Waals surface area contributed by atoms with Crippen LogP contribution in [0.1, 0.15) is 44.2 Å². The number of amides is 1. The molecule has 0 aliphatic carbocycles. The molecule has 2 fully saturated rings. The number of nitrogens with zero attached hydrogens (tertiary/aromatic N) is 6. The van der Waals surface area contributed by atoms with Crippen molar-refractivity contribution in [1.29, 1.82) is 0 Å². The molecule has 3 aromatic rings. The number of hydrogen-bond acceptors (Lipinski definition) is 7. The number of likely N-dealkylation sites (tertiary alicyclic amines) is 2. The number of halogens is 1. The zero-order valence-electron chi connectivity index (χ0n) is 21.2. The molecule has 0 radical (unpaired) electrons. The van der Waals surface area contributed by atoms with Gasteiger partial charge in [0.15, 0.2) is 5.16 Å². The summed E-state index contributed by atoms with van der Waals surface area (Å²) in [6.07, 6.45) is 8.89. The minimum absolute atomic E-state index is 0.0760. The van der Waals surface area contributed by atoms with Crippen LogP contribution in [-0.4, -0.2) is 66.7 Å². The van der Waals surface area contributed by atoms with E-state index in [-0.39, 0.29) is 34.9 Å². The number of hydrogen-bond donors (Lipinski definition) is 1. The number of benzene rings is 1. The Hall–Kier alpha value is -2.98. The fourth-order valence-electron chi connectivity index (χ4n) is 5.35. The highest BCUT2D eigenvalue weighted by atomic mass is 32.2. The second-order valence-corrected chi connectivity index (χ2v) is 11.4. The van der Waals surface area contributed by atoms with Gasteiger partial charge in [-0.1, -0.05) is 17.8 Å². The Labute approximate surface area is 221 Å². The van der Waals surface area contributed by atoms with Gasteiger partial charge in [-0.2, -0.15) is 0 Å². The smallest absolute Gasteiger partial charge is 0.225 e. The average molecular weight is 524 g/mol.